The van der Waals surface area contributed by atoms with Crippen molar-refractivity contribution in [3.05, 3.63) is 63.3 Å². The van der Waals surface area contributed by atoms with Crippen molar-refractivity contribution < 1.29 is 14.0 Å². The summed E-state index contributed by atoms with van der Waals surface area (Å²) < 4.78 is 7.48. The fraction of sp³-hybridized carbons (Fsp3) is 0.333. The molecule has 2 aromatic rings. The first-order valence-electron chi connectivity index (χ1n) is 9.76. The number of furan rings is 1. The first-order valence-corrected chi connectivity index (χ1v) is 11.0. The van der Waals surface area contributed by atoms with Crippen LogP contribution in [0.25, 0.3) is 6.08 Å². The van der Waals surface area contributed by atoms with Gasteiger partial charge in [0.2, 0.25) is 5.91 Å². The molecule has 9 heteroatoms. The number of nitrogens with zero attached hydrogens (tertiary/aromatic N) is 3. The Kier molecular flexibility index (Phi) is 4.86. The summed E-state index contributed by atoms with van der Waals surface area (Å²) in [6, 6.07) is 8.83. The molecule has 0 aliphatic carbocycles. The van der Waals surface area contributed by atoms with E-state index in [1.165, 1.54) is 22.9 Å². The van der Waals surface area contributed by atoms with Gasteiger partial charge in [-0.1, -0.05) is 30.0 Å². The molecule has 5 heterocycles. The maximum absolute atomic E-state index is 13.0. The average Bonchev–Trinajstić information content (AvgIpc) is 3.33. The third-order valence-corrected chi connectivity index (χ3v) is 7.19. The van der Waals surface area contributed by atoms with E-state index in [1.54, 1.807) is 30.3 Å². The minimum Gasteiger partial charge on any atom is -0.465 e. The lowest BCUT2D eigenvalue weighted by Gasteiger charge is -2.43. The highest BCUT2D eigenvalue weighted by molar-refractivity contribution is 8.26. The molecule has 0 unspecified atom stereocenters. The molecule has 0 radical (unpaired) electrons. The number of carbonyl (C=O) groups excluding carboxylic acids is 2. The van der Waals surface area contributed by atoms with Gasteiger partial charge in [-0.3, -0.25) is 19.3 Å². The van der Waals surface area contributed by atoms with E-state index in [0.717, 1.165) is 12.1 Å². The largest absolute Gasteiger partial charge is 0.465 e. The van der Waals surface area contributed by atoms with Crippen molar-refractivity contribution in [2.75, 3.05) is 19.6 Å². The normalized spacial score (nSPS) is 24.5. The minimum absolute atomic E-state index is 0.0166. The lowest BCUT2D eigenvalue weighted by Crippen LogP contribution is -2.51. The Morgan fingerprint density at radius 1 is 1.20 bits per heavy atom. The highest BCUT2D eigenvalue weighted by Gasteiger charge is 2.39. The first kappa shape index (κ1) is 19.3. The number of piperidine rings is 1. The Bertz CT molecular complexity index is 1120. The monoisotopic (exact) mass is 441 g/mol. The van der Waals surface area contributed by atoms with Crippen LogP contribution >= 0.6 is 24.0 Å². The molecule has 0 aromatic carbocycles. The van der Waals surface area contributed by atoms with Gasteiger partial charge in [0, 0.05) is 43.4 Å². The fourth-order valence-corrected chi connectivity index (χ4v) is 5.71. The molecule has 3 aliphatic heterocycles. The van der Waals surface area contributed by atoms with E-state index in [9.17, 15) is 14.4 Å². The van der Waals surface area contributed by atoms with Crippen LogP contribution in [0.1, 0.15) is 23.8 Å². The highest BCUT2D eigenvalue weighted by atomic mass is 32.2. The number of rotatable bonds is 3. The number of pyridine rings is 1. The Hall–Kier alpha value is -2.65. The van der Waals surface area contributed by atoms with Crippen LogP contribution in [-0.4, -0.2) is 50.1 Å². The van der Waals surface area contributed by atoms with E-state index >= 15 is 0 Å². The molecule has 0 N–H and O–H groups in total. The van der Waals surface area contributed by atoms with E-state index in [0.29, 0.717) is 34.6 Å². The number of aromatic nitrogens is 1. The van der Waals surface area contributed by atoms with Gasteiger partial charge in [0.1, 0.15) is 16.6 Å². The number of carbonyl (C=O) groups is 2. The molecular formula is C21H19N3O4S2. The minimum atomic E-state index is -0.274. The number of thioether (sulfide) groups is 1. The highest BCUT2D eigenvalue weighted by Crippen LogP contribution is 2.36. The summed E-state index contributed by atoms with van der Waals surface area (Å²) >= 11 is 6.52. The van der Waals surface area contributed by atoms with Crippen molar-refractivity contribution in [1.29, 1.82) is 0 Å². The first-order chi connectivity index (χ1) is 14.5. The van der Waals surface area contributed by atoms with Gasteiger partial charge in [0.15, 0.2) is 0 Å². The number of likely N-dealkylation sites (tertiary alicyclic amines) is 1. The average molecular weight is 442 g/mol. The number of fused-ring (bicyclic) bond motifs is 4. The van der Waals surface area contributed by atoms with Crippen molar-refractivity contribution in [3.63, 3.8) is 0 Å². The van der Waals surface area contributed by atoms with Crippen molar-refractivity contribution in [1.82, 2.24) is 14.4 Å². The maximum Gasteiger partial charge on any atom is 0.266 e. The molecule has 3 aliphatic rings. The van der Waals surface area contributed by atoms with Crippen molar-refractivity contribution >= 4 is 46.2 Å². The molecule has 2 fully saturated rings. The van der Waals surface area contributed by atoms with Gasteiger partial charge >= 0.3 is 0 Å². The predicted molar refractivity (Wildman–Crippen MR) is 117 cm³/mol. The van der Waals surface area contributed by atoms with Gasteiger partial charge in [-0.2, -0.15) is 0 Å². The molecule has 7 nitrogen and oxygen atoms in total. The standard InChI is InChI=1S/C21H19N3O4S2/c25-18-5-1-4-16-14-7-13(10-23(16)18)9-22(11-14)19(26)12-24-20(27)17(30-21(24)29)8-15-3-2-6-28-15/h1-6,8,13-14H,7,9-12H2/b17-8-/t13-,14-/m0/s1. The summed E-state index contributed by atoms with van der Waals surface area (Å²) in [4.78, 5) is 41.6. The summed E-state index contributed by atoms with van der Waals surface area (Å²) in [6.45, 7) is 1.70. The number of thiocarbonyl (C=S) groups is 1. The van der Waals surface area contributed by atoms with Gasteiger partial charge in [-0.05, 0) is 30.5 Å². The SMILES string of the molecule is O=C(CN1C(=O)/C(=C/c2ccco2)SC1=S)N1C[C@@H]2C[C@@H](C1)c1cccc(=O)n1C2. The predicted octanol–water partition coefficient (Wildman–Crippen LogP) is 2.29. The summed E-state index contributed by atoms with van der Waals surface area (Å²) in [6.07, 6.45) is 4.15. The van der Waals surface area contributed by atoms with Crippen LogP contribution in [0.5, 0.6) is 0 Å². The zero-order valence-corrected chi connectivity index (χ0v) is 17.7. The van der Waals surface area contributed by atoms with Gasteiger partial charge in [0.25, 0.3) is 11.5 Å². The van der Waals surface area contributed by atoms with Crippen LogP contribution in [-0.2, 0) is 16.1 Å². The van der Waals surface area contributed by atoms with Crippen LogP contribution in [0.15, 0.2) is 50.7 Å². The molecular weight excluding hydrogens is 422 g/mol. The van der Waals surface area contributed by atoms with Gasteiger partial charge in [-0.25, -0.2) is 0 Å². The van der Waals surface area contributed by atoms with E-state index in [4.69, 9.17) is 16.6 Å². The second kappa shape index (κ2) is 7.55. The van der Waals surface area contributed by atoms with E-state index in [2.05, 4.69) is 0 Å². The Morgan fingerprint density at radius 3 is 2.87 bits per heavy atom. The molecule has 30 heavy (non-hydrogen) atoms. The smallest absolute Gasteiger partial charge is 0.266 e. The molecule has 2 aromatic heterocycles. The number of amides is 2. The molecule has 0 saturated carbocycles. The van der Waals surface area contributed by atoms with Crippen molar-refractivity contribution in [2.24, 2.45) is 5.92 Å². The zero-order chi connectivity index (χ0) is 20.8. The van der Waals surface area contributed by atoms with Crippen molar-refractivity contribution in [3.8, 4) is 0 Å². The van der Waals surface area contributed by atoms with Crippen LogP contribution in [0, 0.1) is 5.92 Å². The lowest BCUT2D eigenvalue weighted by atomic mass is 9.83. The number of hydrogen-bond donors (Lipinski definition) is 0. The molecule has 2 amide bonds. The Morgan fingerprint density at radius 2 is 2.07 bits per heavy atom. The number of hydrogen-bond acceptors (Lipinski definition) is 6. The molecule has 2 saturated heterocycles. The molecule has 2 atom stereocenters. The Labute approximate surface area is 182 Å². The quantitative estimate of drug-likeness (QED) is 0.537. The van der Waals surface area contributed by atoms with E-state index in [1.807, 2.05) is 15.5 Å². The van der Waals surface area contributed by atoms with Gasteiger partial charge in [-0.15, -0.1) is 0 Å². The van der Waals surface area contributed by atoms with Gasteiger partial charge < -0.3 is 13.9 Å². The Balaban J connectivity index is 1.30. The van der Waals surface area contributed by atoms with Crippen molar-refractivity contribution in [2.45, 2.75) is 18.9 Å². The van der Waals surface area contributed by atoms with Crippen LogP contribution in [0.2, 0.25) is 0 Å². The maximum atomic E-state index is 13.0. The fourth-order valence-electron chi connectivity index (χ4n) is 4.47. The van der Waals surface area contributed by atoms with Gasteiger partial charge in [0.05, 0.1) is 11.2 Å². The third kappa shape index (κ3) is 3.41. The summed E-state index contributed by atoms with van der Waals surface area (Å²) in [5.74, 6) is 0.557. The van der Waals surface area contributed by atoms with E-state index in [-0.39, 0.29) is 35.8 Å². The molecule has 154 valence electrons. The van der Waals surface area contributed by atoms with E-state index < -0.39 is 0 Å². The second-order valence-electron chi connectivity index (χ2n) is 7.78. The summed E-state index contributed by atoms with van der Waals surface area (Å²) in [5, 5.41) is 0. The summed E-state index contributed by atoms with van der Waals surface area (Å²) in [5.41, 5.74) is 1.01. The second-order valence-corrected chi connectivity index (χ2v) is 9.46. The van der Waals surface area contributed by atoms with Crippen LogP contribution < -0.4 is 5.56 Å². The lowest BCUT2D eigenvalue weighted by molar-refractivity contribution is -0.137. The molecule has 5 rings (SSSR count). The van der Waals surface area contributed by atoms with Crippen LogP contribution in [0.3, 0.4) is 0 Å². The molecule has 2 bridgehead atoms. The zero-order valence-electron chi connectivity index (χ0n) is 16.0. The topological polar surface area (TPSA) is 75.8 Å². The molecule has 0 spiro atoms. The van der Waals surface area contributed by atoms with Crippen LogP contribution in [0.4, 0.5) is 0 Å². The third-order valence-electron chi connectivity index (χ3n) is 5.82. The summed E-state index contributed by atoms with van der Waals surface area (Å²) in [7, 11) is 0.